The molecule has 0 saturated heterocycles. The Bertz CT molecular complexity index is 422. The normalized spacial score (nSPS) is 9.76. The predicted molar refractivity (Wildman–Crippen MR) is 56.7 cm³/mol. The number of anilines is 3. The molecule has 17 heavy (non-hydrogen) atoms. The second-order valence-corrected chi connectivity index (χ2v) is 2.71. The van der Waals surface area contributed by atoms with Crippen LogP contribution in [0.5, 0.6) is 0 Å². The number of aromatic nitrogens is 3. The molecule has 10 N–H and O–H groups in total. The second kappa shape index (κ2) is 4.42. The summed E-state index contributed by atoms with van der Waals surface area (Å²) in [5, 5.41) is 0.798. The minimum atomic E-state index is -1.04. The lowest BCUT2D eigenvalue weighted by Crippen LogP contribution is -2.45. The van der Waals surface area contributed by atoms with E-state index in [1.807, 2.05) is 0 Å². The highest BCUT2D eigenvalue weighted by molar-refractivity contribution is 5.89. The number of nitrogens with zero attached hydrogens (tertiary/aromatic N) is 5. The van der Waals surface area contributed by atoms with Gasteiger partial charge in [-0.3, -0.25) is 0 Å². The van der Waals surface area contributed by atoms with E-state index in [-0.39, 0.29) is 17.8 Å². The lowest BCUT2D eigenvalue weighted by molar-refractivity contribution is 0.253. The molecule has 1 heterocycles. The lowest BCUT2D eigenvalue weighted by Gasteiger charge is -2.15. The summed E-state index contributed by atoms with van der Waals surface area (Å²) in [5.74, 6) is 9.38. The first-order chi connectivity index (χ1) is 7.82. The van der Waals surface area contributed by atoms with Crippen LogP contribution in [0, 0.1) is 0 Å². The molecule has 0 bridgehead atoms. The monoisotopic (exact) mass is 242 g/mol. The third-order valence-corrected chi connectivity index (χ3v) is 1.53. The van der Waals surface area contributed by atoms with Gasteiger partial charge in [-0.2, -0.15) is 25.0 Å². The molecule has 0 fully saturated rings. The van der Waals surface area contributed by atoms with Crippen molar-refractivity contribution >= 4 is 29.9 Å². The molecule has 0 aliphatic carbocycles. The summed E-state index contributed by atoms with van der Waals surface area (Å²) < 4.78 is 0. The first kappa shape index (κ1) is 12.3. The van der Waals surface area contributed by atoms with Crippen molar-refractivity contribution in [1.29, 1.82) is 0 Å². The van der Waals surface area contributed by atoms with Gasteiger partial charge in [-0.15, -0.1) is 0 Å². The molecule has 0 unspecified atom stereocenters. The Labute approximate surface area is 94.3 Å². The minimum Gasteiger partial charge on any atom is -0.368 e. The zero-order valence-electron chi connectivity index (χ0n) is 8.44. The number of hydrogen-bond acceptors (Lipinski definition) is 8. The van der Waals surface area contributed by atoms with Gasteiger partial charge in [0.05, 0.1) is 0 Å². The molecule has 4 amide bonds. The van der Waals surface area contributed by atoms with E-state index in [4.69, 9.17) is 28.9 Å². The second-order valence-electron chi connectivity index (χ2n) is 2.71. The smallest absolute Gasteiger partial charge is 0.336 e. The van der Waals surface area contributed by atoms with Crippen molar-refractivity contribution < 1.29 is 9.59 Å². The molecule has 0 saturated carbocycles. The van der Waals surface area contributed by atoms with Crippen molar-refractivity contribution in [1.82, 2.24) is 15.0 Å². The molecule has 12 heteroatoms. The molecule has 1 aromatic heterocycles. The number of amides is 4. The number of nitrogens with two attached hydrogens (primary N) is 5. The molecule has 0 spiro atoms. The van der Waals surface area contributed by atoms with E-state index in [0.717, 1.165) is 0 Å². The highest BCUT2D eigenvalue weighted by Gasteiger charge is 2.18. The largest absolute Gasteiger partial charge is 0.368 e. The minimum absolute atomic E-state index is 0.321. The molecule has 0 aliphatic rings. The van der Waals surface area contributed by atoms with Crippen LogP contribution in [0.25, 0.3) is 0 Å². The third-order valence-electron chi connectivity index (χ3n) is 1.53. The number of carbonyl (C=O) groups is 2. The first-order valence-electron chi connectivity index (χ1n) is 4.03. The molecule has 1 aromatic rings. The zero-order chi connectivity index (χ0) is 13.2. The summed E-state index contributed by atoms with van der Waals surface area (Å²) >= 11 is 0. The molecule has 0 atom stereocenters. The van der Waals surface area contributed by atoms with Crippen LogP contribution < -0.4 is 38.9 Å². The third kappa shape index (κ3) is 2.64. The summed E-state index contributed by atoms with van der Waals surface area (Å²) in [6.45, 7) is 0. The first-order valence-corrected chi connectivity index (χ1v) is 4.03. The summed E-state index contributed by atoms with van der Waals surface area (Å²) in [6.07, 6.45) is 0. The average molecular weight is 242 g/mol. The van der Waals surface area contributed by atoms with E-state index in [9.17, 15) is 9.59 Å². The van der Waals surface area contributed by atoms with Gasteiger partial charge in [0.25, 0.3) is 11.9 Å². The number of rotatable bonds is 2. The maximum atomic E-state index is 10.8. The van der Waals surface area contributed by atoms with Gasteiger partial charge in [0.15, 0.2) is 0 Å². The molecule has 0 aromatic carbocycles. The van der Waals surface area contributed by atoms with Gasteiger partial charge in [0.1, 0.15) is 0 Å². The topological polar surface area (TPSA) is 209 Å². The fourth-order valence-electron chi connectivity index (χ4n) is 0.782. The quantitative estimate of drug-likeness (QED) is 0.204. The molecule has 1 rings (SSSR count). The van der Waals surface area contributed by atoms with Gasteiger partial charge >= 0.3 is 12.1 Å². The summed E-state index contributed by atoms with van der Waals surface area (Å²) in [4.78, 5) is 32.2. The standard InChI is InChI=1S/C5H10N10O2/c6-1-11-4(14(9)2(7)16)13-5(12-1)15(10)3(8)17/h9-10H2,(H2,7,16)(H2,8,17)(H2,6,11,12,13). The maximum absolute atomic E-state index is 10.8. The average Bonchev–Trinajstić information content (AvgIpc) is 2.25. The van der Waals surface area contributed by atoms with Gasteiger partial charge in [0, 0.05) is 0 Å². The van der Waals surface area contributed by atoms with E-state index in [0.29, 0.717) is 10.0 Å². The van der Waals surface area contributed by atoms with Crippen LogP contribution in [0.1, 0.15) is 0 Å². The Hall–Kier alpha value is -2.73. The maximum Gasteiger partial charge on any atom is 0.336 e. The Kier molecular flexibility index (Phi) is 3.21. The highest BCUT2D eigenvalue weighted by atomic mass is 16.2. The zero-order valence-corrected chi connectivity index (χ0v) is 8.44. The lowest BCUT2D eigenvalue weighted by atomic mass is 10.7. The van der Waals surface area contributed by atoms with Crippen molar-refractivity contribution in [2.45, 2.75) is 0 Å². The van der Waals surface area contributed by atoms with Gasteiger partial charge < -0.3 is 17.2 Å². The fourth-order valence-corrected chi connectivity index (χ4v) is 0.782. The van der Waals surface area contributed by atoms with Crippen LogP contribution in [0.3, 0.4) is 0 Å². The fraction of sp³-hybridized carbons (Fsp3) is 0. The van der Waals surface area contributed by atoms with Gasteiger partial charge in [-0.1, -0.05) is 0 Å². The SMILES string of the molecule is NC(=O)N(N)c1nc(N)nc(N(N)C(N)=O)n1. The number of urea groups is 2. The Morgan fingerprint density at radius 3 is 1.53 bits per heavy atom. The van der Waals surface area contributed by atoms with E-state index >= 15 is 0 Å². The number of carbonyl (C=O) groups excluding carboxylic acids is 2. The van der Waals surface area contributed by atoms with Crippen molar-refractivity contribution in [3.63, 3.8) is 0 Å². The number of hydrazine groups is 2. The van der Waals surface area contributed by atoms with Crippen LogP contribution in [-0.4, -0.2) is 27.0 Å². The van der Waals surface area contributed by atoms with Gasteiger partial charge in [0.2, 0.25) is 5.95 Å². The van der Waals surface area contributed by atoms with E-state index in [2.05, 4.69) is 15.0 Å². The van der Waals surface area contributed by atoms with Crippen molar-refractivity contribution in [2.75, 3.05) is 15.8 Å². The molecule has 12 nitrogen and oxygen atoms in total. The van der Waals surface area contributed by atoms with E-state index in [1.54, 1.807) is 0 Å². The molecule has 0 aliphatic heterocycles. The van der Waals surface area contributed by atoms with E-state index < -0.39 is 12.1 Å². The van der Waals surface area contributed by atoms with Crippen molar-refractivity contribution in [3.05, 3.63) is 0 Å². The predicted octanol–water partition coefficient (Wildman–Crippen LogP) is -3.03. The number of primary amides is 2. The van der Waals surface area contributed by atoms with Crippen LogP contribution in [0.4, 0.5) is 27.4 Å². The number of nitrogen functional groups attached to an aromatic ring is 1. The summed E-state index contributed by atoms with van der Waals surface area (Å²) in [5.41, 5.74) is 15.1. The number of hydrogen-bond donors (Lipinski definition) is 5. The Morgan fingerprint density at radius 2 is 1.24 bits per heavy atom. The Balaban J connectivity index is 3.19. The van der Waals surface area contributed by atoms with Crippen LogP contribution in [0.2, 0.25) is 0 Å². The Morgan fingerprint density at radius 1 is 0.882 bits per heavy atom. The molecule has 0 radical (unpaired) electrons. The van der Waals surface area contributed by atoms with Crippen LogP contribution in [-0.2, 0) is 0 Å². The van der Waals surface area contributed by atoms with Crippen LogP contribution >= 0.6 is 0 Å². The van der Waals surface area contributed by atoms with Gasteiger partial charge in [-0.25, -0.2) is 21.3 Å². The van der Waals surface area contributed by atoms with Crippen LogP contribution in [0.15, 0.2) is 0 Å². The molecular weight excluding hydrogens is 232 g/mol. The van der Waals surface area contributed by atoms with Crippen molar-refractivity contribution in [2.24, 2.45) is 23.2 Å². The summed E-state index contributed by atoms with van der Waals surface area (Å²) in [6, 6.07) is -2.08. The van der Waals surface area contributed by atoms with E-state index in [1.165, 1.54) is 0 Å². The highest BCUT2D eigenvalue weighted by Crippen LogP contribution is 2.10. The van der Waals surface area contributed by atoms with Gasteiger partial charge in [-0.05, 0) is 0 Å². The molecular formula is C5H10N10O2. The molecule has 92 valence electrons. The van der Waals surface area contributed by atoms with Crippen molar-refractivity contribution in [3.8, 4) is 0 Å². The summed E-state index contributed by atoms with van der Waals surface area (Å²) in [7, 11) is 0.